The third kappa shape index (κ3) is 3.91. The molecule has 0 unspecified atom stereocenters. The highest BCUT2D eigenvalue weighted by molar-refractivity contribution is 5.43. The zero-order valence-electron chi connectivity index (χ0n) is 12.5. The molecule has 0 aliphatic carbocycles. The molecular formula is C15H25N3O. The van der Waals surface area contributed by atoms with Crippen LogP contribution in [0.3, 0.4) is 0 Å². The molecule has 4 heteroatoms. The second-order valence-electron chi connectivity index (χ2n) is 5.79. The van der Waals surface area contributed by atoms with Crippen molar-refractivity contribution in [3.63, 3.8) is 0 Å². The molecule has 0 atom stereocenters. The summed E-state index contributed by atoms with van der Waals surface area (Å²) in [7, 11) is 0. The van der Waals surface area contributed by atoms with Gasteiger partial charge in [-0.3, -0.25) is 0 Å². The van der Waals surface area contributed by atoms with E-state index in [-0.39, 0.29) is 5.60 Å². The number of aromatic nitrogens is 1. The lowest BCUT2D eigenvalue weighted by Crippen LogP contribution is -2.48. The number of hydrogen-bond acceptors (Lipinski definition) is 4. The fourth-order valence-corrected chi connectivity index (χ4v) is 2.47. The van der Waals surface area contributed by atoms with Crippen molar-refractivity contribution in [3.8, 4) is 0 Å². The van der Waals surface area contributed by atoms with E-state index < -0.39 is 0 Å². The van der Waals surface area contributed by atoms with Gasteiger partial charge in [-0.1, -0.05) is 6.92 Å². The van der Waals surface area contributed by atoms with Crippen molar-refractivity contribution in [1.82, 2.24) is 10.3 Å². The molecule has 1 aliphatic heterocycles. The number of ether oxygens (including phenoxy) is 1. The normalized spacial score (nSPS) is 18.6. The van der Waals surface area contributed by atoms with Crippen LogP contribution in [-0.4, -0.2) is 36.8 Å². The van der Waals surface area contributed by atoms with E-state index in [4.69, 9.17) is 4.74 Å². The molecule has 4 nitrogen and oxygen atoms in total. The summed E-state index contributed by atoms with van der Waals surface area (Å²) in [6.07, 6.45) is 0. The number of anilines is 1. The Morgan fingerprint density at radius 2 is 2.21 bits per heavy atom. The quantitative estimate of drug-likeness (QED) is 0.903. The van der Waals surface area contributed by atoms with Crippen LogP contribution in [0.1, 0.15) is 32.0 Å². The Morgan fingerprint density at radius 3 is 2.89 bits per heavy atom. The minimum Gasteiger partial charge on any atom is -0.372 e. The first-order valence-corrected chi connectivity index (χ1v) is 7.07. The SMILES string of the molecule is CCNCc1cc(C)nc(N2CCOC(C)(C)C2)c1. The molecule has 1 fully saturated rings. The summed E-state index contributed by atoms with van der Waals surface area (Å²) in [5, 5.41) is 3.37. The van der Waals surface area contributed by atoms with Crippen LogP contribution in [-0.2, 0) is 11.3 Å². The molecule has 0 aromatic carbocycles. The number of nitrogens with one attached hydrogen (secondary N) is 1. The minimum absolute atomic E-state index is 0.0918. The molecule has 1 aromatic heterocycles. The maximum atomic E-state index is 5.76. The van der Waals surface area contributed by atoms with Gasteiger partial charge in [0.2, 0.25) is 0 Å². The highest BCUT2D eigenvalue weighted by atomic mass is 16.5. The predicted octanol–water partition coefficient (Wildman–Crippen LogP) is 2.11. The molecular weight excluding hydrogens is 238 g/mol. The largest absolute Gasteiger partial charge is 0.372 e. The van der Waals surface area contributed by atoms with Crippen LogP contribution in [0.15, 0.2) is 12.1 Å². The highest BCUT2D eigenvalue weighted by Crippen LogP contribution is 2.22. The summed E-state index contributed by atoms with van der Waals surface area (Å²) in [4.78, 5) is 7.00. The van der Waals surface area contributed by atoms with E-state index in [1.54, 1.807) is 0 Å². The van der Waals surface area contributed by atoms with E-state index in [9.17, 15) is 0 Å². The van der Waals surface area contributed by atoms with Crippen LogP contribution >= 0.6 is 0 Å². The summed E-state index contributed by atoms with van der Waals surface area (Å²) >= 11 is 0. The van der Waals surface area contributed by atoms with Crippen molar-refractivity contribution in [1.29, 1.82) is 0 Å². The van der Waals surface area contributed by atoms with Crippen molar-refractivity contribution < 1.29 is 4.74 Å². The third-order valence-electron chi connectivity index (χ3n) is 3.33. The van der Waals surface area contributed by atoms with Gasteiger partial charge >= 0.3 is 0 Å². The lowest BCUT2D eigenvalue weighted by atomic mass is 10.1. The Hall–Kier alpha value is -1.13. The number of rotatable bonds is 4. The van der Waals surface area contributed by atoms with E-state index in [1.165, 1.54) is 5.56 Å². The Balaban J connectivity index is 2.16. The zero-order valence-corrected chi connectivity index (χ0v) is 12.5. The van der Waals surface area contributed by atoms with Gasteiger partial charge in [0.05, 0.1) is 12.2 Å². The van der Waals surface area contributed by atoms with E-state index in [2.05, 4.69) is 55.0 Å². The van der Waals surface area contributed by atoms with Crippen LogP contribution in [0.5, 0.6) is 0 Å². The number of aryl methyl sites for hydroxylation is 1. The van der Waals surface area contributed by atoms with Gasteiger partial charge in [0.15, 0.2) is 0 Å². The van der Waals surface area contributed by atoms with Crippen LogP contribution in [0, 0.1) is 6.92 Å². The maximum absolute atomic E-state index is 5.76. The first kappa shape index (κ1) is 14.3. The monoisotopic (exact) mass is 263 g/mol. The van der Waals surface area contributed by atoms with Gasteiger partial charge in [0.25, 0.3) is 0 Å². The molecule has 0 radical (unpaired) electrons. The summed E-state index contributed by atoms with van der Waals surface area (Å²) in [5.41, 5.74) is 2.29. The van der Waals surface area contributed by atoms with Gasteiger partial charge < -0.3 is 15.0 Å². The second kappa shape index (κ2) is 5.88. The summed E-state index contributed by atoms with van der Waals surface area (Å²) < 4.78 is 5.76. The van der Waals surface area contributed by atoms with Crippen LogP contribution in [0.2, 0.25) is 0 Å². The van der Waals surface area contributed by atoms with Crippen molar-refractivity contribution in [2.45, 2.75) is 39.8 Å². The van der Waals surface area contributed by atoms with Gasteiger partial charge in [-0.25, -0.2) is 4.98 Å². The molecule has 19 heavy (non-hydrogen) atoms. The molecule has 2 heterocycles. The molecule has 2 rings (SSSR count). The maximum Gasteiger partial charge on any atom is 0.129 e. The molecule has 1 N–H and O–H groups in total. The highest BCUT2D eigenvalue weighted by Gasteiger charge is 2.28. The number of morpholine rings is 1. The van der Waals surface area contributed by atoms with Gasteiger partial charge in [0.1, 0.15) is 5.82 Å². The molecule has 1 aliphatic rings. The summed E-state index contributed by atoms with van der Waals surface area (Å²) in [6.45, 7) is 12.9. The van der Waals surface area contributed by atoms with E-state index >= 15 is 0 Å². The van der Waals surface area contributed by atoms with E-state index in [1.807, 2.05) is 0 Å². The topological polar surface area (TPSA) is 37.4 Å². The predicted molar refractivity (Wildman–Crippen MR) is 78.6 cm³/mol. The summed E-state index contributed by atoms with van der Waals surface area (Å²) in [6, 6.07) is 4.34. The molecule has 106 valence electrons. The number of pyridine rings is 1. The Kier molecular flexibility index (Phi) is 4.42. The third-order valence-corrected chi connectivity index (χ3v) is 3.33. The number of nitrogens with zero attached hydrogens (tertiary/aromatic N) is 2. The number of hydrogen-bond donors (Lipinski definition) is 1. The van der Waals surface area contributed by atoms with Crippen molar-refractivity contribution in [3.05, 3.63) is 23.4 Å². The van der Waals surface area contributed by atoms with Gasteiger partial charge in [-0.05, 0) is 45.0 Å². The Morgan fingerprint density at radius 1 is 1.42 bits per heavy atom. The van der Waals surface area contributed by atoms with E-state index in [0.717, 1.165) is 44.3 Å². The first-order chi connectivity index (χ1) is 9.00. The second-order valence-corrected chi connectivity index (χ2v) is 5.79. The smallest absolute Gasteiger partial charge is 0.129 e. The average Bonchev–Trinajstić information content (AvgIpc) is 2.34. The minimum atomic E-state index is -0.0918. The van der Waals surface area contributed by atoms with Gasteiger partial charge in [-0.2, -0.15) is 0 Å². The van der Waals surface area contributed by atoms with Crippen LogP contribution in [0.25, 0.3) is 0 Å². The molecule has 0 saturated carbocycles. The average molecular weight is 263 g/mol. The Labute approximate surface area is 116 Å². The fourth-order valence-electron chi connectivity index (χ4n) is 2.47. The van der Waals surface area contributed by atoms with Crippen molar-refractivity contribution in [2.24, 2.45) is 0 Å². The van der Waals surface area contributed by atoms with E-state index in [0.29, 0.717) is 0 Å². The zero-order chi connectivity index (χ0) is 13.9. The lowest BCUT2D eigenvalue weighted by Gasteiger charge is -2.39. The van der Waals surface area contributed by atoms with Crippen molar-refractivity contribution >= 4 is 5.82 Å². The molecule has 1 aromatic rings. The van der Waals surface area contributed by atoms with Gasteiger partial charge in [0, 0.05) is 25.3 Å². The summed E-state index contributed by atoms with van der Waals surface area (Å²) in [5.74, 6) is 1.07. The lowest BCUT2D eigenvalue weighted by molar-refractivity contribution is -0.0279. The molecule has 0 spiro atoms. The molecule has 1 saturated heterocycles. The van der Waals surface area contributed by atoms with Crippen molar-refractivity contribution in [2.75, 3.05) is 31.1 Å². The van der Waals surface area contributed by atoms with Gasteiger partial charge in [-0.15, -0.1) is 0 Å². The standard InChI is InChI=1S/C15H25N3O/c1-5-16-10-13-8-12(2)17-14(9-13)18-6-7-19-15(3,4)11-18/h8-9,16H,5-7,10-11H2,1-4H3. The molecule has 0 amide bonds. The fraction of sp³-hybridized carbons (Fsp3) is 0.667. The van der Waals surface area contributed by atoms with Crippen LogP contribution in [0.4, 0.5) is 5.82 Å². The molecule has 0 bridgehead atoms. The Bertz CT molecular complexity index is 431. The van der Waals surface area contributed by atoms with Crippen LogP contribution < -0.4 is 10.2 Å². The first-order valence-electron chi connectivity index (χ1n) is 7.07.